The zero-order valence-corrected chi connectivity index (χ0v) is 11.1. The Morgan fingerprint density at radius 2 is 2.00 bits per heavy atom. The summed E-state index contributed by atoms with van der Waals surface area (Å²) in [5.74, 6) is 2.15. The molecule has 1 N–H and O–H groups in total. The first kappa shape index (κ1) is 11.8. The van der Waals surface area contributed by atoms with Crippen LogP contribution in [0, 0.1) is 0 Å². The lowest BCUT2D eigenvalue weighted by atomic mass is 10.2. The van der Waals surface area contributed by atoms with Gasteiger partial charge in [-0.05, 0) is 31.0 Å². The number of hydrogen-bond donors (Lipinski definition) is 1. The summed E-state index contributed by atoms with van der Waals surface area (Å²) in [6.07, 6.45) is 4.25. The van der Waals surface area contributed by atoms with E-state index < -0.39 is 0 Å². The molecule has 0 amide bonds. The molecule has 0 saturated heterocycles. The normalized spacial score (nSPS) is 17.2. The minimum absolute atomic E-state index is 0.582. The molecule has 1 fully saturated rings. The van der Waals surface area contributed by atoms with Crippen LogP contribution in [0.4, 0.5) is 0 Å². The van der Waals surface area contributed by atoms with Crippen LogP contribution < -0.4 is 14.8 Å². The Morgan fingerprint density at radius 1 is 1.15 bits per heavy atom. The third kappa shape index (κ3) is 2.36. The zero-order chi connectivity index (χ0) is 13.4. The topological polar surface area (TPSA) is 56.5 Å². The van der Waals surface area contributed by atoms with Gasteiger partial charge >= 0.3 is 0 Å². The number of rotatable bonds is 4. The number of ether oxygens (including phenoxy) is 2. The summed E-state index contributed by atoms with van der Waals surface area (Å²) in [5.41, 5.74) is 1.84. The smallest absolute Gasteiger partial charge is 0.226 e. The SMILES string of the molecule is c1cc2c(cc1-c1nc(CNC3CC3)co1)OCCO2. The molecule has 2 heterocycles. The van der Waals surface area contributed by atoms with Gasteiger partial charge in [-0.1, -0.05) is 0 Å². The van der Waals surface area contributed by atoms with E-state index in [0.29, 0.717) is 25.1 Å². The number of oxazole rings is 1. The predicted octanol–water partition coefficient (Wildman–Crippen LogP) is 2.36. The Kier molecular flexibility index (Phi) is 2.85. The van der Waals surface area contributed by atoms with E-state index in [1.54, 1.807) is 6.26 Å². The molecule has 5 nitrogen and oxygen atoms in total. The van der Waals surface area contributed by atoms with Crippen LogP contribution in [0.2, 0.25) is 0 Å². The molecule has 104 valence electrons. The second-order valence-electron chi connectivity index (χ2n) is 5.16. The van der Waals surface area contributed by atoms with Crippen molar-refractivity contribution in [3.8, 4) is 23.0 Å². The third-order valence-electron chi connectivity index (χ3n) is 3.49. The largest absolute Gasteiger partial charge is 0.486 e. The highest BCUT2D eigenvalue weighted by molar-refractivity contribution is 5.60. The van der Waals surface area contributed by atoms with E-state index in [1.165, 1.54) is 12.8 Å². The number of hydrogen-bond acceptors (Lipinski definition) is 5. The fraction of sp³-hybridized carbons (Fsp3) is 0.400. The Balaban J connectivity index is 1.53. The van der Waals surface area contributed by atoms with Gasteiger partial charge in [-0.2, -0.15) is 0 Å². The molecule has 0 bridgehead atoms. The summed E-state index contributed by atoms with van der Waals surface area (Å²) in [4.78, 5) is 4.50. The van der Waals surface area contributed by atoms with E-state index in [0.717, 1.165) is 29.3 Å². The van der Waals surface area contributed by atoms with Crippen LogP contribution in [0.5, 0.6) is 11.5 Å². The van der Waals surface area contributed by atoms with Crippen LogP contribution in [0.15, 0.2) is 28.9 Å². The van der Waals surface area contributed by atoms with Crippen molar-refractivity contribution in [1.82, 2.24) is 10.3 Å². The Labute approximate surface area is 116 Å². The van der Waals surface area contributed by atoms with E-state index in [1.807, 2.05) is 18.2 Å². The molecular weight excluding hydrogens is 256 g/mol. The number of nitrogens with zero attached hydrogens (tertiary/aromatic N) is 1. The minimum atomic E-state index is 0.582. The molecule has 1 saturated carbocycles. The highest BCUT2D eigenvalue weighted by atomic mass is 16.6. The van der Waals surface area contributed by atoms with E-state index in [9.17, 15) is 0 Å². The molecule has 0 radical (unpaired) electrons. The number of fused-ring (bicyclic) bond motifs is 1. The fourth-order valence-corrected chi connectivity index (χ4v) is 2.23. The average Bonchev–Trinajstić information content (AvgIpc) is 3.21. The van der Waals surface area contributed by atoms with Gasteiger partial charge in [0.05, 0.1) is 5.69 Å². The van der Waals surface area contributed by atoms with Gasteiger partial charge in [0.15, 0.2) is 11.5 Å². The van der Waals surface area contributed by atoms with Crippen LogP contribution in [-0.4, -0.2) is 24.2 Å². The van der Waals surface area contributed by atoms with E-state index in [4.69, 9.17) is 13.9 Å². The summed E-state index contributed by atoms with van der Waals surface area (Å²) in [5, 5.41) is 3.42. The zero-order valence-electron chi connectivity index (χ0n) is 11.1. The first-order valence-electron chi connectivity index (χ1n) is 6.96. The van der Waals surface area contributed by atoms with Gasteiger partial charge in [0.25, 0.3) is 0 Å². The maximum absolute atomic E-state index is 5.57. The Morgan fingerprint density at radius 3 is 2.85 bits per heavy atom. The van der Waals surface area contributed by atoms with Crippen molar-refractivity contribution < 1.29 is 13.9 Å². The Hall–Kier alpha value is -2.01. The molecule has 1 aliphatic heterocycles. The first-order chi connectivity index (χ1) is 9.88. The minimum Gasteiger partial charge on any atom is -0.486 e. The lowest BCUT2D eigenvalue weighted by Crippen LogP contribution is -2.15. The second kappa shape index (κ2) is 4.83. The van der Waals surface area contributed by atoms with Gasteiger partial charge < -0.3 is 19.2 Å². The van der Waals surface area contributed by atoms with Crippen molar-refractivity contribution in [3.05, 3.63) is 30.2 Å². The van der Waals surface area contributed by atoms with E-state index >= 15 is 0 Å². The summed E-state index contributed by atoms with van der Waals surface area (Å²) in [6, 6.07) is 6.43. The number of nitrogens with one attached hydrogen (secondary N) is 1. The van der Waals surface area contributed by atoms with Crippen molar-refractivity contribution in [3.63, 3.8) is 0 Å². The molecule has 2 aliphatic rings. The maximum Gasteiger partial charge on any atom is 0.226 e. The van der Waals surface area contributed by atoms with Crippen LogP contribution in [0.1, 0.15) is 18.5 Å². The molecule has 1 aromatic carbocycles. The molecule has 1 aromatic heterocycles. The summed E-state index contributed by atoms with van der Waals surface area (Å²) >= 11 is 0. The standard InChI is InChI=1S/C15H16N2O3/c1-4-13-14(19-6-5-18-13)7-10(1)15-17-12(9-20-15)8-16-11-2-3-11/h1,4,7,9,11,16H,2-3,5-6,8H2. The predicted molar refractivity (Wildman–Crippen MR) is 72.8 cm³/mol. The molecule has 0 atom stereocenters. The molecule has 0 unspecified atom stereocenters. The second-order valence-corrected chi connectivity index (χ2v) is 5.16. The molecule has 5 heteroatoms. The van der Waals surface area contributed by atoms with E-state index in [-0.39, 0.29) is 0 Å². The highest BCUT2D eigenvalue weighted by Gasteiger charge is 2.21. The van der Waals surface area contributed by atoms with Crippen LogP contribution in [-0.2, 0) is 6.54 Å². The van der Waals surface area contributed by atoms with Gasteiger partial charge in [0.2, 0.25) is 5.89 Å². The quantitative estimate of drug-likeness (QED) is 0.926. The average molecular weight is 272 g/mol. The van der Waals surface area contributed by atoms with Crippen LogP contribution in [0.25, 0.3) is 11.5 Å². The lowest BCUT2D eigenvalue weighted by molar-refractivity contribution is 0.171. The van der Waals surface area contributed by atoms with Gasteiger partial charge in [-0.25, -0.2) is 4.98 Å². The maximum atomic E-state index is 5.57. The van der Waals surface area contributed by atoms with Gasteiger partial charge in [0, 0.05) is 18.2 Å². The van der Waals surface area contributed by atoms with Gasteiger partial charge in [-0.15, -0.1) is 0 Å². The Bertz CT molecular complexity index is 619. The molecule has 2 aromatic rings. The summed E-state index contributed by atoms with van der Waals surface area (Å²) < 4.78 is 16.6. The van der Waals surface area contributed by atoms with Crippen molar-refractivity contribution in [1.29, 1.82) is 0 Å². The molecular formula is C15H16N2O3. The van der Waals surface area contributed by atoms with Crippen LogP contribution >= 0.6 is 0 Å². The van der Waals surface area contributed by atoms with E-state index in [2.05, 4.69) is 10.3 Å². The van der Waals surface area contributed by atoms with Crippen molar-refractivity contribution in [2.75, 3.05) is 13.2 Å². The molecule has 4 rings (SSSR count). The molecule has 1 aliphatic carbocycles. The number of benzene rings is 1. The van der Waals surface area contributed by atoms with Gasteiger partial charge in [0.1, 0.15) is 19.5 Å². The van der Waals surface area contributed by atoms with Crippen molar-refractivity contribution >= 4 is 0 Å². The van der Waals surface area contributed by atoms with Crippen LogP contribution in [0.3, 0.4) is 0 Å². The third-order valence-corrected chi connectivity index (χ3v) is 3.49. The molecule has 0 spiro atoms. The monoisotopic (exact) mass is 272 g/mol. The molecule has 20 heavy (non-hydrogen) atoms. The summed E-state index contributed by atoms with van der Waals surface area (Å²) in [6.45, 7) is 1.94. The van der Waals surface area contributed by atoms with Crippen molar-refractivity contribution in [2.24, 2.45) is 0 Å². The first-order valence-corrected chi connectivity index (χ1v) is 6.96. The summed E-state index contributed by atoms with van der Waals surface area (Å²) in [7, 11) is 0. The van der Waals surface area contributed by atoms with Crippen molar-refractivity contribution in [2.45, 2.75) is 25.4 Å². The van der Waals surface area contributed by atoms with Gasteiger partial charge in [-0.3, -0.25) is 0 Å². The lowest BCUT2D eigenvalue weighted by Gasteiger charge is -2.18. The highest BCUT2D eigenvalue weighted by Crippen LogP contribution is 2.34. The fourth-order valence-electron chi connectivity index (χ4n) is 2.23. The number of aromatic nitrogens is 1.